The molecule has 148 valence electrons. The number of hydrogen-bond donors (Lipinski definition) is 6. The second-order valence-electron chi connectivity index (χ2n) is 6.73. The third-order valence-electron chi connectivity index (χ3n) is 4.42. The van der Waals surface area contributed by atoms with Crippen molar-refractivity contribution >= 4 is 43.6 Å². The summed E-state index contributed by atoms with van der Waals surface area (Å²) in [6.45, 7) is -0.585. The topological polar surface area (TPSA) is 174 Å². The van der Waals surface area contributed by atoms with Crippen LogP contribution in [0, 0.1) is 4.64 Å². The zero-order valence-electron chi connectivity index (χ0n) is 14.5. The number of phosphoric acid groups is 1. The van der Waals surface area contributed by atoms with E-state index in [-0.39, 0.29) is 10.2 Å². The molecule has 0 aliphatic carbocycles. The van der Waals surface area contributed by atoms with Gasteiger partial charge >= 0.3 is 13.5 Å². The normalized spacial score (nSPS) is 31.9. The lowest BCUT2D eigenvalue weighted by molar-refractivity contribution is -0.240. The molecule has 11 nitrogen and oxygen atoms in total. The molecule has 0 amide bonds. The predicted molar refractivity (Wildman–Crippen MR) is 98.2 cm³/mol. The second kappa shape index (κ2) is 6.90. The number of H-pyrrole nitrogens is 1. The van der Waals surface area contributed by atoms with Gasteiger partial charge in [0, 0.05) is 11.8 Å². The van der Waals surface area contributed by atoms with Crippen molar-refractivity contribution in [2.45, 2.75) is 35.7 Å². The average Bonchev–Trinajstić information content (AvgIpc) is 2.68. The van der Waals surface area contributed by atoms with E-state index in [4.69, 9.17) is 26.7 Å². The fourth-order valence-electron chi connectivity index (χ4n) is 2.90. The highest BCUT2D eigenvalue weighted by Crippen LogP contribution is 2.50. The first-order chi connectivity index (χ1) is 12.1. The number of nitrogens with one attached hydrogen (secondary N) is 1. The zero-order chi connectivity index (χ0) is 21.0. The van der Waals surface area contributed by atoms with Crippen LogP contribution in [0.25, 0.3) is 0 Å². The van der Waals surface area contributed by atoms with Gasteiger partial charge in [0.05, 0.1) is 12.0 Å². The number of hydrogen-bond acceptors (Lipinski definition) is 8. The summed E-state index contributed by atoms with van der Waals surface area (Å²) in [6.07, 6.45) is -3.40. The molecule has 0 saturated carbocycles. The first-order valence-electron chi connectivity index (χ1n) is 7.57. The summed E-state index contributed by atoms with van der Waals surface area (Å²) in [5.74, 6) is -3.33. The van der Waals surface area contributed by atoms with Crippen LogP contribution in [0.1, 0.15) is 5.56 Å². The van der Waals surface area contributed by atoms with Crippen LogP contribution in [0.2, 0.25) is 0 Å². The van der Waals surface area contributed by atoms with Crippen LogP contribution in [-0.2, 0) is 26.1 Å². The molecule has 6 N–H and O–H groups in total. The molecule has 0 aromatic carbocycles. The lowest BCUT2D eigenvalue weighted by Gasteiger charge is -2.39. The fraction of sp³-hybridized carbons (Fsp3) is 0.600. The maximum Gasteiger partial charge on any atom is 0.468 e. The van der Waals surface area contributed by atoms with Gasteiger partial charge < -0.3 is 29.8 Å². The maximum absolute atomic E-state index is 15.5. The van der Waals surface area contributed by atoms with Crippen LogP contribution < -0.4 is 5.69 Å². The van der Waals surface area contributed by atoms with Crippen LogP contribution in [0.3, 0.4) is 0 Å². The monoisotopic (exact) mass is 424 g/mol. The summed E-state index contributed by atoms with van der Waals surface area (Å²) in [4.78, 5) is 32.4. The lowest BCUT2D eigenvalue weighted by Crippen LogP contribution is -2.60. The second-order valence-corrected chi connectivity index (χ2v) is 8.30. The maximum atomic E-state index is 15.5. The van der Waals surface area contributed by atoms with E-state index in [1.165, 1.54) is 0 Å². The molecular weight excluding hydrogens is 407 g/mol. The highest BCUT2D eigenvalue weighted by Gasteiger charge is 2.68. The number of nitrogens with zero attached hydrogens (tertiary/aromatic N) is 1. The van der Waals surface area contributed by atoms with Crippen molar-refractivity contribution in [1.29, 1.82) is 0 Å². The summed E-state index contributed by atoms with van der Waals surface area (Å²) >= 11 is 4.86. The first-order valence-corrected chi connectivity index (χ1v) is 9.50. The quantitative estimate of drug-likeness (QED) is 0.153. The summed E-state index contributed by atoms with van der Waals surface area (Å²) in [5, 5.41) is 27.5. The Labute approximate surface area is 159 Å². The van der Waals surface area contributed by atoms with Crippen molar-refractivity contribution in [3.05, 3.63) is 26.9 Å². The summed E-state index contributed by atoms with van der Waals surface area (Å²) in [7, 11) is -2.35. The van der Waals surface area contributed by atoms with E-state index in [2.05, 4.69) is 9.51 Å². The minimum absolute atomic E-state index is 0.0539. The molecular formula is C10H17B3FN2O9PS. The number of ether oxygens (including phenoxy) is 1. The third-order valence-corrected chi connectivity index (χ3v) is 5.47. The Bertz CT molecular complexity index is 909. The van der Waals surface area contributed by atoms with Crippen molar-refractivity contribution in [3.8, 4) is 0 Å². The number of halogens is 1. The molecule has 1 aliphatic heterocycles. The Morgan fingerprint density at radius 2 is 2.00 bits per heavy atom. The SMILES string of the molecule is BC(B)(OP(=O)(O)O)[C@@]1(F)O[C@@](B)(n2cc(CO)c(=S)[nH]c2=O)[C@H](O)[C@@H]1O. The molecule has 1 aromatic rings. The van der Waals surface area contributed by atoms with E-state index >= 15 is 4.39 Å². The van der Waals surface area contributed by atoms with E-state index in [0.717, 1.165) is 29.7 Å². The summed E-state index contributed by atoms with van der Waals surface area (Å²) < 4.78 is 36.8. The van der Waals surface area contributed by atoms with Gasteiger partial charge in [-0.1, -0.05) is 12.2 Å². The Morgan fingerprint density at radius 1 is 1.44 bits per heavy atom. The van der Waals surface area contributed by atoms with Gasteiger partial charge in [0.15, 0.2) is 7.85 Å². The molecule has 1 saturated heterocycles. The molecule has 1 aliphatic rings. The minimum Gasteiger partial charge on any atom is -0.392 e. The van der Waals surface area contributed by atoms with Gasteiger partial charge in [-0.2, -0.15) is 0 Å². The summed E-state index contributed by atoms with van der Waals surface area (Å²) in [5.41, 5.74) is -3.12. The van der Waals surface area contributed by atoms with Gasteiger partial charge in [0.2, 0.25) is 0 Å². The molecule has 2 heterocycles. The summed E-state index contributed by atoms with van der Waals surface area (Å²) in [6, 6.07) is 0. The number of aromatic nitrogens is 2. The van der Waals surface area contributed by atoms with Gasteiger partial charge in [-0.25, -0.2) is 13.8 Å². The largest absolute Gasteiger partial charge is 0.468 e. The van der Waals surface area contributed by atoms with Gasteiger partial charge in [-0.15, -0.1) is 0 Å². The number of aliphatic hydroxyl groups is 3. The van der Waals surface area contributed by atoms with Crippen LogP contribution >= 0.6 is 20.0 Å². The first kappa shape index (κ1) is 22.5. The van der Waals surface area contributed by atoms with Crippen LogP contribution in [-0.4, -0.2) is 81.7 Å². The van der Waals surface area contributed by atoms with Crippen LogP contribution in [0.15, 0.2) is 11.0 Å². The Kier molecular flexibility index (Phi) is 5.74. The van der Waals surface area contributed by atoms with E-state index in [1.807, 2.05) is 0 Å². The third kappa shape index (κ3) is 3.73. The standard InChI is InChI=1S/C10H17B3FN2O9PS/c11-9(16-1-3(2-17)6(27)15-7(16)20)5(19)4(18)8(14,24-9)10(12,13)25-26(21,22)23/h1,4-5,17-19H,2,11-13H2,(H,15,20,27)(H2,21,22,23)/t4-,5+,8-,9-/m0/s1. The molecule has 27 heavy (non-hydrogen) atoms. The van der Waals surface area contributed by atoms with Crippen molar-refractivity contribution in [2.24, 2.45) is 0 Å². The van der Waals surface area contributed by atoms with Crippen molar-refractivity contribution in [2.75, 3.05) is 0 Å². The van der Waals surface area contributed by atoms with Gasteiger partial charge in [0.1, 0.15) is 38.2 Å². The number of aromatic amines is 1. The lowest BCUT2D eigenvalue weighted by atomic mass is 9.59. The van der Waals surface area contributed by atoms with E-state index in [0.29, 0.717) is 4.57 Å². The molecule has 0 bridgehead atoms. The fourth-order valence-corrected chi connectivity index (χ4v) is 3.82. The molecule has 0 unspecified atom stereocenters. The highest BCUT2D eigenvalue weighted by molar-refractivity contribution is 7.71. The van der Waals surface area contributed by atoms with Crippen molar-refractivity contribution in [3.63, 3.8) is 0 Å². The number of rotatable bonds is 5. The average molecular weight is 424 g/mol. The number of phosphoric ester groups is 1. The predicted octanol–water partition coefficient (Wildman–Crippen LogP) is -4.91. The van der Waals surface area contributed by atoms with Gasteiger partial charge in [0.25, 0.3) is 5.85 Å². The molecule has 2 rings (SSSR count). The smallest absolute Gasteiger partial charge is 0.392 e. The van der Waals surface area contributed by atoms with Crippen LogP contribution in [0.4, 0.5) is 4.39 Å². The zero-order valence-corrected chi connectivity index (χ0v) is 16.2. The molecule has 1 fully saturated rings. The Hall–Kier alpha value is -0.825. The van der Waals surface area contributed by atoms with Gasteiger partial charge in [-0.3, -0.25) is 14.1 Å². The number of alkyl halides is 1. The molecule has 0 spiro atoms. The Morgan fingerprint density at radius 3 is 2.48 bits per heavy atom. The minimum atomic E-state index is -5.21. The van der Waals surface area contributed by atoms with Crippen molar-refractivity contribution in [1.82, 2.24) is 9.55 Å². The van der Waals surface area contributed by atoms with E-state index < -0.39 is 49.2 Å². The van der Waals surface area contributed by atoms with E-state index in [9.17, 15) is 24.7 Å². The van der Waals surface area contributed by atoms with Gasteiger partial charge in [-0.05, 0) is 0 Å². The molecule has 0 radical (unpaired) electrons. The molecule has 1 aromatic heterocycles. The Balaban J connectivity index is 2.60. The van der Waals surface area contributed by atoms with Crippen LogP contribution in [0.5, 0.6) is 0 Å². The molecule has 17 heteroatoms. The van der Waals surface area contributed by atoms with E-state index in [1.54, 1.807) is 0 Å². The number of aliphatic hydroxyl groups excluding tert-OH is 3. The van der Waals surface area contributed by atoms with Crippen molar-refractivity contribution < 1.29 is 43.3 Å². The highest BCUT2D eigenvalue weighted by atomic mass is 32.1. The molecule has 4 atom stereocenters.